The van der Waals surface area contributed by atoms with E-state index in [1.165, 1.54) is 27.6 Å². The molecule has 11 rings (SSSR count). The first-order chi connectivity index (χ1) is 30.2. The molecule has 250 valence electrons. The van der Waals surface area contributed by atoms with Crippen LogP contribution in [0.1, 0.15) is 38.7 Å². The summed E-state index contributed by atoms with van der Waals surface area (Å²) in [5, 5.41) is 3.95. The quantitative estimate of drug-likeness (QED) is 0.184. The SMILES string of the molecule is [2H]c1c([2H])c([2H])c(-c2nc(-c3ccc4c(c3)oc3cccc(-n5c6ccccc6c6c7c(ccc65)C(C)(C)c5ccccc5-7)c34)nc(-c3c([2H])c([2H])c([2H])c([2H])c3[2H])n2)c([2H])c1[2H]. The Kier molecular flexibility index (Phi) is 4.49. The Balaban J connectivity index is 1.14. The fraction of sp³-hybridized carbons (Fsp3) is 0.0625. The van der Waals surface area contributed by atoms with Gasteiger partial charge in [0.1, 0.15) is 11.2 Å². The summed E-state index contributed by atoms with van der Waals surface area (Å²) >= 11 is 0. The number of nitrogens with zero attached hydrogens (tertiary/aromatic N) is 4. The van der Waals surface area contributed by atoms with Crippen LogP contribution < -0.4 is 0 Å². The van der Waals surface area contributed by atoms with Crippen molar-refractivity contribution in [1.82, 2.24) is 19.5 Å². The summed E-state index contributed by atoms with van der Waals surface area (Å²) in [6.45, 7) is 4.55. The van der Waals surface area contributed by atoms with Crippen LogP contribution in [0.15, 0.2) is 162 Å². The molecule has 1 aliphatic carbocycles. The van der Waals surface area contributed by atoms with E-state index in [0.717, 1.165) is 32.9 Å². The Labute approximate surface area is 319 Å². The van der Waals surface area contributed by atoms with Crippen molar-refractivity contribution < 1.29 is 18.1 Å². The molecule has 0 bridgehead atoms. The maximum Gasteiger partial charge on any atom is 0.164 e. The molecule has 0 atom stereocenters. The number of aromatic nitrogens is 4. The van der Waals surface area contributed by atoms with E-state index >= 15 is 0 Å². The molecule has 0 radical (unpaired) electrons. The number of rotatable bonds is 4. The molecule has 0 saturated heterocycles. The predicted octanol–water partition coefficient (Wildman–Crippen LogP) is 12.2. The van der Waals surface area contributed by atoms with Gasteiger partial charge in [-0.3, -0.25) is 0 Å². The van der Waals surface area contributed by atoms with Gasteiger partial charge in [0.25, 0.3) is 0 Å². The molecule has 1 aliphatic rings. The minimum atomic E-state index is -0.613. The Bertz CT molecular complexity index is 3540. The zero-order valence-corrected chi connectivity index (χ0v) is 28.4. The molecule has 7 aromatic carbocycles. The molecule has 0 amide bonds. The highest BCUT2D eigenvalue weighted by Gasteiger charge is 2.37. The first-order valence-corrected chi connectivity index (χ1v) is 17.2. The van der Waals surface area contributed by atoms with Gasteiger partial charge in [0.2, 0.25) is 0 Å². The van der Waals surface area contributed by atoms with E-state index in [-0.39, 0.29) is 34.0 Å². The summed E-state index contributed by atoms with van der Waals surface area (Å²) in [7, 11) is 0. The smallest absolute Gasteiger partial charge is 0.164 e. The summed E-state index contributed by atoms with van der Waals surface area (Å²) in [4.78, 5) is 13.6. The molecule has 3 heterocycles. The van der Waals surface area contributed by atoms with Crippen LogP contribution in [0.3, 0.4) is 0 Å². The molecule has 5 heteroatoms. The largest absolute Gasteiger partial charge is 0.456 e. The van der Waals surface area contributed by atoms with Gasteiger partial charge in [-0.2, -0.15) is 0 Å². The van der Waals surface area contributed by atoms with Gasteiger partial charge in [0.15, 0.2) is 17.5 Å². The van der Waals surface area contributed by atoms with E-state index < -0.39 is 60.4 Å². The van der Waals surface area contributed by atoms with Crippen LogP contribution in [0.4, 0.5) is 0 Å². The lowest BCUT2D eigenvalue weighted by Crippen LogP contribution is -2.14. The van der Waals surface area contributed by atoms with Crippen molar-refractivity contribution in [2.75, 3.05) is 0 Å². The molecule has 0 saturated carbocycles. The lowest BCUT2D eigenvalue weighted by Gasteiger charge is -2.21. The van der Waals surface area contributed by atoms with E-state index in [4.69, 9.17) is 18.1 Å². The maximum atomic E-state index is 8.69. The van der Waals surface area contributed by atoms with E-state index in [9.17, 15) is 0 Å². The summed E-state index contributed by atoms with van der Waals surface area (Å²) in [5.41, 5.74) is 8.65. The highest BCUT2D eigenvalue weighted by molar-refractivity contribution is 6.19. The zero-order valence-electron chi connectivity index (χ0n) is 38.4. The van der Waals surface area contributed by atoms with Gasteiger partial charge >= 0.3 is 0 Å². The summed E-state index contributed by atoms with van der Waals surface area (Å²) in [6.07, 6.45) is 0. The number of benzene rings is 7. The van der Waals surface area contributed by atoms with Gasteiger partial charge in [0.05, 0.1) is 35.8 Å². The van der Waals surface area contributed by atoms with Crippen molar-refractivity contribution in [3.63, 3.8) is 0 Å². The van der Waals surface area contributed by atoms with Crippen molar-refractivity contribution in [2.45, 2.75) is 19.3 Å². The molecule has 53 heavy (non-hydrogen) atoms. The topological polar surface area (TPSA) is 56.7 Å². The molecule has 0 N–H and O–H groups in total. The van der Waals surface area contributed by atoms with Crippen LogP contribution in [0, 0.1) is 0 Å². The van der Waals surface area contributed by atoms with E-state index in [1.54, 1.807) is 12.1 Å². The third-order valence-electron chi connectivity index (χ3n) is 10.4. The number of hydrogen-bond donors (Lipinski definition) is 0. The molecular weight excluding hydrogens is 649 g/mol. The summed E-state index contributed by atoms with van der Waals surface area (Å²) < 4.78 is 93.2. The average molecular weight is 691 g/mol. The monoisotopic (exact) mass is 690 g/mol. The first-order valence-electron chi connectivity index (χ1n) is 22.2. The van der Waals surface area contributed by atoms with Gasteiger partial charge in [0, 0.05) is 38.3 Å². The van der Waals surface area contributed by atoms with E-state index in [2.05, 4.69) is 94.0 Å². The van der Waals surface area contributed by atoms with Crippen LogP contribution in [0.2, 0.25) is 0 Å². The second kappa shape index (κ2) is 11.1. The van der Waals surface area contributed by atoms with Crippen LogP contribution in [-0.4, -0.2) is 19.5 Å². The standard InChI is InChI=1S/C48H32N4O/c1-48(2)35-20-11-9-18-32(35)42-36(48)26-27-39-44(42)33-19-10-12-21-37(33)52(39)38-22-13-23-40-43(38)34-25-24-31(28-41(34)53-40)47-50-45(29-14-5-3-6-15-29)49-46(51-47)30-16-7-4-8-17-30/h3-28H,1-2H3/i3D,4D,5D,6D,7D,8D,14D,15D,16D,17D. The molecule has 5 nitrogen and oxygen atoms in total. The van der Waals surface area contributed by atoms with Gasteiger partial charge in [-0.15, -0.1) is 0 Å². The lowest BCUT2D eigenvalue weighted by atomic mass is 9.82. The van der Waals surface area contributed by atoms with Crippen LogP contribution in [0.5, 0.6) is 0 Å². The molecule has 0 fully saturated rings. The summed E-state index contributed by atoms with van der Waals surface area (Å²) in [5.74, 6) is -0.722. The lowest BCUT2D eigenvalue weighted by molar-refractivity contribution is 0.661. The zero-order chi connectivity index (χ0) is 44.0. The average Bonchev–Trinajstić information content (AvgIpc) is 3.91. The van der Waals surface area contributed by atoms with Gasteiger partial charge in [-0.1, -0.05) is 135 Å². The predicted molar refractivity (Wildman–Crippen MR) is 215 cm³/mol. The maximum absolute atomic E-state index is 8.69. The second-order valence-corrected chi connectivity index (χ2v) is 13.7. The number of furan rings is 1. The van der Waals surface area contributed by atoms with Crippen molar-refractivity contribution in [2.24, 2.45) is 0 Å². The molecule has 10 aromatic rings. The van der Waals surface area contributed by atoms with Crippen LogP contribution in [0.25, 0.3) is 94.7 Å². The Morgan fingerprint density at radius 1 is 0.547 bits per heavy atom. The van der Waals surface area contributed by atoms with Gasteiger partial charge < -0.3 is 8.98 Å². The third-order valence-corrected chi connectivity index (χ3v) is 10.4. The Hall–Kier alpha value is -6.85. The van der Waals surface area contributed by atoms with Crippen molar-refractivity contribution >= 4 is 43.7 Å². The number of hydrogen-bond acceptors (Lipinski definition) is 4. The van der Waals surface area contributed by atoms with Crippen molar-refractivity contribution in [1.29, 1.82) is 0 Å². The van der Waals surface area contributed by atoms with Gasteiger partial charge in [-0.25, -0.2) is 15.0 Å². The highest BCUT2D eigenvalue weighted by atomic mass is 16.3. The van der Waals surface area contributed by atoms with Gasteiger partial charge in [-0.05, 0) is 58.7 Å². The highest BCUT2D eigenvalue weighted by Crippen LogP contribution is 2.53. The first kappa shape index (κ1) is 21.5. The van der Waals surface area contributed by atoms with E-state index in [0.29, 0.717) is 16.7 Å². The molecule has 0 aliphatic heterocycles. The Morgan fingerprint density at radius 3 is 1.98 bits per heavy atom. The summed E-state index contributed by atoms with van der Waals surface area (Å²) in [6, 6.07) is 26.8. The molecule has 0 spiro atoms. The second-order valence-electron chi connectivity index (χ2n) is 13.7. The normalized spacial score (nSPS) is 15.9. The number of fused-ring (bicyclic) bond motifs is 10. The minimum Gasteiger partial charge on any atom is -0.456 e. The molecular formula is C48H32N4O. The fourth-order valence-electron chi connectivity index (χ4n) is 8.10. The van der Waals surface area contributed by atoms with Crippen LogP contribution in [-0.2, 0) is 5.41 Å². The Morgan fingerprint density at radius 2 is 1.23 bits per heavy atom. The van der Waals surface area contributed by atoms with Crippen molar-refractivity contribution in [3.05, 3.63) is 169 Å². The molecule has 3 aromatic heterocycles. The fourth-order valence-corrected chi connectivity index (χ4v) is 8.10. The third kappa shape index (κ3) is 4.34. The van der Waals surface area contributed by atoms with E-state index in [1.807, 2.05) is 24.3 Å². The minimum absolute atomic E-state index is 0.0457. The number of para-hydroxylation sites is 1. The van der Waals surface area contributed by atoms with Crippen LogP contribution >= 0.6 is 0 Å². The van der Waals surface area contributed by atoms with Crippen molar-refractivity contribution in [3.8, 4) is 51.0 Å². The molecule has 0 unspecified atom stereocenters.